The highest BCUT2D eigenvalue weighted by Gasteiger charge is 2.20. The van der Waals surface area contributed by atoms with Gasteiger partial charge in [0.25, 0.3) is 5.91 Å². The predicted molar refractivity (Wildman–Crippen MR) is 84.7 cm³/mol. The molecule has 0 atom stereocenters. The highest BCUT2D eigenvalue weighted by atomic mass is 35.5. The summed E-state index contributed by atoms with van der Waals surface area (Å²) in [6.45, 7) is 4.44. The van der Waals surface area contributed by atoms with E-state index in [1.807, 2.05) is 13.8 Å². The van der Waals surface area contributed by atoms with E-state index in [1.165, 1.54) is 0 Å². The summed E-state index contributed by atoms with van der Waals surface area (Å²) >= 11 is 5.82. The van der Waals surface area contributed by atoms with Gasteiger partial charge in [-0.2, -0.15) is 0 Å². The SMILES string of the molecule is CCC(N)(CC)CNC(=O)COc1cccc(Cl)c1.Cl. The van der Waals surface area contributed by atoms with Crippen molar-refractivity contribution in [3.05, 3.63) is 29.3 Å². The molecule has 3 N–H and O–H groups in total. The van der Waals surface area contributed by atoms with Crippen LogP contribution in [0.25, 0.3) is 0 Å². The molecule has 0 spiro atoms. The molecular weight excluding hydrogens is 299 g/mol. The quantitative estimate of drug-likeness (QED) is 0.812. The van der Waals surface area contributed by atoms with Crippen LogP contribution in [0.4, 0.5) is 0 Å². The molecule has 1 aromatic carbocycles. The van der Waals surface area contributed by atoms with Crippen LogP contribution in [-0.4, -0.2) is 24.6 Å². The Hall–Kier alpha value is -0.970. The van der Waals surface area contributed by atoms with Gasteiger partial charge in [-0.05, 0) is 31.0 Å². The van der Waals surface area contributed by atoms with E-state index in [0.29, 0.717) is 17.3 Å². The summed E-state index contributed by atoms with van der Waals surface area (Å²) in [6, 6.07) is 6.94. The first-order chi connectivity index (χ1) is 8.99. The number of hydrogen-bond acceptors (Lipinski definition) is 3. The van der Waals surface area contributed by atoms with Crippen LogP contribution in [0.3, 0.4) is 0 Å². The average Bonchev–Trinajstić information content (AvgIpc) is 2.42. The van der Waals surface area contributed by atoms with Gasteiger partial charge in [0.1, 0.15) is 5.75 Å². The topological polar surface area (TPSA) is 64.3 Å². The highest BCUT2D eigenvalue weighted by Crippen LogP contribution is 2.16. The normalized spacial score (nSPS) is 10.6. The maximum atomic E-state index is 11.7. The van der Waals surface area contributed by atoms with E-state index in [-0.39, 0.29) is 30.5 Å². The third kappa shape index (κ3) is 6.46. The zero-order chi connectivity index (χ0) is 14.3. The van der Waals surface area contributed by atoms with Gasteiger partial charge in [-0.15, -0.1) is 12.4 Å². The molecule has 0 unspecified atom stereocenters. The molecule has 114 valence electrons. The summed E-state index contributed by atoms with van der Waals surface area (Å²) in [6.07, 6.45) is 1.64. The summed E-state index contributed by atoms with van der Waals surface area (Å²) < 4.78 is 5.34. The number of ether oxygens (including phenoxy) is 1. The maximum Gasteiger partial charge on any atom is 0.258 e. The van der Waals surface area contributed by atoms with Crippen molar-refractivity contribution in [1.29, 1.82) is 0 Å². The van der Waals surface area contributed by atoms with Crippen LogP contribution in [0.5, 0.6) is 5.75 Å². The van der Waals surface area contributed by atoms with Crippen molar-refractivity contribution < 1.29 is 9.53 Å². The van der Waals surface area contributed by atoms with E-state index < -0.39 is 0 Å². The molecule has 0 aliphatic carbocycles. The van der Waals surface area contributed by atoms with Gasteiger partial charge in [0.05, 0.1) is 0 Å². The summed E-state index contributed by atoms with van der Waals surface area (Å²) in [4.78, 5) is 11.7. The van der Waals surface area contributed by atoms with Crippen LogP contribution in [0.15, 0.2) is 24.3 Å². The van der Waals surface area contributed by atoms with Gasteiger partial charge in [-0.1, -0.05) is 31.5 Å². The lowest BCUT2D eigenvalue weighted by Crippen LogP contribution is -2.50. The Labute approximate surface area is 131 Å². The average molecular weight is 321 g/mol. The number of carbonyl (C=O) groups excluding carboxylic acids is 1. The number of nitrogens with two attached hydrogens (primary N) is 1. The molecule has 0 radical (unpaired) electrons. The predicted octanol–water partition coefficient (Wildman–Crippen LogP) is 2.77. The van der Waals surface area contributed by atoms with Crippen molar-refractivity contribution in [2.75, 3.05) is 13.2 Å². The molecule has 20 heavy (non-hydrogen) atoms. The number of amides is 1. The first kappa shape index (κ1) is 19.0. The lowest BCUT2D eigenvalue weighted by atomic mass is 9.94. The first-order valence-corrected chi connectivity index (χ1v) is 6.81. The minimum Gasteiger partial charge on any atom is -0.484 e. The van der Waals surface area contributed by atoms with Crippen LogP contribution in [-0.2, 0) is 4.79 Å². The van der Waals surface area contributed by atoms with Crippen molar-refractivity contribution in [2.45, 2.75) is 32.2 Å². The van der Waals surface area contributed by atoms with Crippen molar-refractivity contribution in [2.24, 2.45) is 5.73 Å². The molecular formula is C14H22Cl2N2O2. The number of nitrogens with one attached hydrogen (secondary N) is 1. The van der Waals surface area contributed by atoms with E-state index in [0.717, 1.165) is 12.8 Å². The monoisotopic (exact) mass is 320 g/mol. The lowest BCUT2D eigenvalue weighted by Gasteiger charge is -2.26. The second-order valence-corrected chi connectivity index (χ2v) is 5.03. The largest absolute Gasteiger partial charge is 0.484 e. The van der Waals surface area contributed by atoms with E-state index in [9.17, 15) is 4.79 Å². The van der Waals surface area contributed by atoms with Crippen LogP contribution in [0, 0.1) is 0 Å². The number of benzene rings is 1. The molecule has 1 aromatic rings. The molecule has 0 fully saturated rings. The van der Waals surface area contributed by atoms with Crippen molar-refractivity contribution in [3.8, 4) is 5.75 Å². The van der Waals surface area contributed by atoms with Gasteiger partial charge in [0.2, 0.25) is 0 Å². The zero-order valence-electron chi connectivity index (χ0n) is 11.8. The highest BCUT2D eigenvalue weighted by molar-refractivity contribution is 6.30. The Morgan fingerprint density at radius 2 is 2.05 bits per heavy atom. The van der Waals surface area contributed by atoms with Gasteiger partial charge < -0.3 is 15.8 Å². The Morgan fingerprint density at radius 3 is 2.60 bits per heavy atom. The minimum absolute atomic E-state index is 0. The summed E-state index contributed by atoms with van der Waals surface area (Å²) in [5, 5.41) is 3.37. The molecule has 6 heteroatoms. The lowest BCUT2D eigenvalue weighted by molar-refractivity contribution is -0.123. The molecule has 0 aromatic heterocycles. The molecule has 0 aliphatic rings. The van der Waals surface area contributed by atoms with Gasteiger partial charge in [-0.25, -0.2) is 0 Å². The molecule has 0 aliphatic heterocycles. The van der Waals surface area contributed by atoms with E-state index >= 15 is 0 Å². The first-order valence-electron chi connectivity index (χ1n) is 6.43. The molecule has 4 nitrogen and oxygen atoms in total. The summed E-state index contributed by atoms with van der Waals surface area (Å²) in [7, 11) is 0. The molecule has 1 amide bonds. The summed E-state index contributed by atoms with van der Waals surface area (Å²) in [5.74, 6) is 0.393. The molecule has 1 rings (SSSR count). The van der Waals surface area contributed by atoms with E-state index in [2.05, 4.69) is 5.32 Å². The molecule has 0 saturated heterocycles. The Balaban J connectivity index is 0.00000361. The fourth-order valence-corrected chi connectivity index (χ4v) is 1.71. The van der Waals surface area contributed by atoms with Crippen molar-refractivity contribution in [3.63, 3.8) is 0 Å². The Morgan fingerprint density at radius 1 is 1.40 bits per heavy atom. The van der Waals surface area contributed by atoms with Crippen LogP contribution >= 0.6 is 24.0 Å². The maximum absolute atomic E-state index is 11.7. The van der Waals surface area contributed by atoms with Crippen molar-refractivity contribution >= 4 is 29.9 Å². The van der Waals surface area contributed by atoms with Crippen molar-refractivity contribution in [1.82, 2.24) is 5.32 Å². The Kier molecular flexibility index (Phi) is 8.62. The van der Waals surface area contributed by atoms with Gasteiger partial charge in [0.15, 0.2) is 6.61 Å². The van der Waals surface area contributed by atoms with Crippen LogP contribution < -0.4 is 15.8 Å². The fraction of sp³-hybridized carbons (Fsp3) is 0.500. The molecule has 0 heterocycles. The second kappa shape index (κ2) is 9.06. The minimum atomic E-state index is -0.342. The third-order valence-electron chi connectivity index (χ3n) is 3.21. The van der Waals surface area contributed by atoms with Gasteiger partial charge >= 0.3 is 0 Å². The zero-order valence-corrected chi connectivity index (χ0v) is 13.4. The summed E-state index contributed by atoms with van der Waals surface area (Å²) in [5.41, 5.74) is 5.76. The van der Waals surface area contributed by atoms with Gasteiger partial charge in [0, 0.05) is 17.1 Å². The number of carbonyl (C=O) groups is 1. The van der Waals surface area contributed by atoms with Crippen LogP contribution in [0.2, 0.25) is 5.02 Å². The second-order valence-electron chi connectivity index (χ2n) is 4.59. The number of rotatable bonds is 7. The number of hydrogen-bond donors (Lipinski definition) is 2. The fourth-order valence-electron chi connectivity index (χ4n) is 1.53. The molecule has 0 saturated carbocycles. The van der Waals surface area contributed by atoms with E-state index in [1.54, 1.807) is 24.3 Å². The van der Waals surface area contributed by atoms with E-state index in [4.69, 9.17) is 22.1 Å². The third-order valence-corrected chi connectivity index (χ3v) is 3.45. The number of halogens is 2. The molecule has 0 bridgehead atoms. The van der Waals surface area contributed by atoms with Crippen LogP contribution in [0.1, 0.15) is 26.7 Å². The Bertz CT molecular complexity index is 423. The standard InChI is InChI=1S/C14H21ClN2O2.ClH/c1-3-14(16,4-2)10-17-13(18)9-19-12-7-5-6-11(15)8-12;/h5-8H,3-4,9-10,16H2,1-2H3,(H,17,18);1H. The van der Waals surface area contributed by atoms with Gasteiger partial charge in [-0.3, -0.25) is 4.79 Å². The smallest absolute Gasteiger partial charge is 0.258 e.